The summed E-state index contributed by atoms with van der Waals surface area (Å²) in [6, 6.07) is 0.765. The van der Waals surface area contributed by atoms with Gasteiger partial charge in [-0.3, -0.25) is 4.79 Å². The van der Waals surface area contributed by atoms with E-state index in [0.717, 1.165) is 12.3 Å². The number of rotatable bonds is 6. The molecule has 2 atom stereocenters. The zero-order valence-electron chi connectivity index (χ0n) is 10.9. The molecule has 0 aromatic carbocycles. The van der Waals surface area contributed by atoms with Crippen LogP contribution in [0.1, 0.15) is 52.9 Å². The topological polar surface area (TPSA) is 41.1 Å². The molecular weight excluding hydrogens is 200 g/mol. The third kappa shape index (κ3) is 4.52. The summed E-state index contributed by atoms with van der Waals surface area (Å²) < 4.78 is 0. The highest BCUT2D eigenvalue weighted by Crippen LogP contribution is 2.27. The molecule has 0 spiro atoms. The van der Waals surface area contributed by atoms with Crippen molar-refractivity contribution in [3.05, 3.63) is 0 Å². The third-order valence-electron chi connectivity index (χ3n) is 3.71. The Bertz CT molecular complexity index is 212. The van der Waals surface area contributed by atoms with Gasteiger partial charge in [0.05, 0.1) is 6.54 Å². The Morgan fingerprint density at radius 2 is 1.94 bits per heavy atom. The molecule has 1 aliphatic rings. The first-order valence-electron chi connectivity index (χ1n) is 6.66. The first kappa shape index (κ1) is 13.5. The van der Waals surface area contributed by atoms with Gasteiger partial charge in [-0.25, -0.2) is 0 Å². The van der Waals surface area contributed by atoms with Gasteiger partial charge in [-0.2, -0.15) is 0 Å². The highest BCUT2D eigenvalue weighted by molar-refractivity contribution is 5.78. The van der Waals surface area contributed by atoms with E-state index in [0.29, 0.717) is 12.6 Å². The standard InChI is InChI=1S/C13H26N2O/c1-4-10(2)15-13(16)9-14-11(3)12-7-5-6-8-12/h10-12,14H,4-9H2,1-3H3,(H,15,16). The van der Waals surface area contributed by atoms with E-state index < -0.39 is 0 Å². The first-order chi connectivity index (χ1) is 7.63. The molecule has 16 heavy (non-hydrogen) atoms. The highest BCUT2D eigenvalue weighted by Gasteiger charge is 2.21. The van der Waals surface area contributed by atoms with Crippen LogP contribution in [0.2, 0.25) is 0 Å². The molecule has 3 heteroatoms. The minimum Gasteiger partial charge on any atom is -0.353 e. The van der Waals surface area contributed by atoms with Crippen LogP contribution in [0.5, 0.6) is 0 Å². The van der Waals surface area contributed by atoms with Crippen LogP contribution in [-0.4, -0.2) is 24.5 Å². The van der Waals surface area contributed by atoms with E-state index in [1.54, 1.807) is 0 Å². The summed E-state index contributed by atoms with van der Waals surface area (Å²) in [4.78, 5) is 11.6. The molecule has 1 aliphatic carbocycles. The summed E-state index contributed by atoms with van der Waals surface area (Å²) in [5, 5.41) is 6.32. The van der Waals surface area contributed by atoms with Crippen molar-refractivity contribution in [2.45, 2.75) is 65.0 Å². The van der Waals surface area contributed by atoms with Crippen molar-refractivity contribution in [3.8, 4) is 0 Å². The van der Waals surface area contributed by atoms with Crippen molar-refractivity contribution in [1.29, 1.82) is 0 Å². The minimum absolute atomic E-state index is 0.124. The van der Waals surface area contributed by atoms with Gasteiger partial charge in [0.2, 0.25) is 5.91 Å². The van der Waals surface area contributed by atoms with Gasteiger partial charge in [0.25, 0.3) is 0 Å². The molecule has 1 amide bonds. The molecule has 0 heterocycles. The molecule has 0 radical (unpaired) electrons. The van der Waals surface area contributed by atoms with Gasteiger partial charge in [-0.15, -0.1) is 0 Å². The van der Waals surface area contributed by atoms with Crippen LogP contribution in [0.25, 0.3) is 0 Å². The molecule has 2 unspecified atom stereocenters. The maximum atomic E-state index is 11.6. The molecule has 1 fully saturated rings. The van der Waals surface area contributed by atoms with Crippen LogP contribution >= 0.6 is 0 Å². The van der Waals surface area contributed by atoms with Crippen LogP contribution in [-0.2, 0) is 4.79 Å². The van der Waals surface area contributed by atoms with E-state index >= 15 is 0 Å². The minimum atomic E-state index is 0.124. The summed E-state index contributed by atoms with van der Waals surface area (Å²) in [6.07, 6.45) is 6.34. The van der Waals surface area contributed by atoms with Crippen molar-refractivity contribution in [2.24, 2.45) is 5.92 Å². The summed E-state index contributed by atoms with van der Waals surface area (Å²) >= 11 is 0. The molecular formula is C13H26N2O. The van der Waals surface area contributed by atoms with E-state index in [9.17, 15) is 4.79 Å². The Hall–Kier alpha value is -0.570. The Morgan fingerprint density at radius 3 is 2.50 bits per heavy atom. The number of carbonyl (C=O) groups excluding carboxylic acids is 1. The molecule has 1 rings (SSSR count). The zero-order valence-corrected chi connectivity index (χ0v) is 10.9. The van der Waals surface area contributed by atoms with E-state index in [1.165, 1.54) is 25.7 Å². The van der Waals surface area contributed by atoms with Gasteiger partial charge in [-0.1, -0.05) is 19.8 Å². The fourth-order valence-corrected chi connectivity index (χ4v) is 2.31. The normalized spacial score (nSPS) is 20.7. The largest absolute Gasteiger partial charge is 0.353 e. The second-order valence-corrected chi connectivity index (χ2v) is 5.09. The molecule has 0 saturated heterocycles. The lowest BCUT2D eigenvalue weighted by molar-refractivity contribution is -0.121. The monoisotopic (exact) mass is 226 g/mol. The second kappa shape index (κ2) is 6.89. The van der Waals surface area contributed by atoms with Crippen molar-refractivity contribution < 1.29 is 4.79 Å². The fourth-order valence-electron chi connectivity index (χ4n) is 2.31. The number of amides is 1. The van der Waals surface area contributed by atoms with Crippen LogP contribution in [0, 0.1) is 5.92 Å². The van der Waals surface area contributed by atoms with Crippen LogP contribution < -0.4 is 10.6 Å². The average molecular weight is 226 g/mol. The van der Waals surface area contributed by atoms with Gasteiger partial charge in [0.1, 0.15) is 0 Å². The predicted molar refractivity (Wildman–Crippen MR) is 67.3 cm³/mol. The van der Waals surface area contributed by atoms with Crippen LogP contribution in [0.15, 0.2) is 0 Å². The number of hydrogen-bond donors (Lipinski definition) is 2. The fraction of sp³-hybridized carbons (Fsp3) is 0.923. The maximum absolute atomic E-state index is 11.6. The molecule has 0 aromatic rings. The molecule has 0 aliphatic heterocycles. The smallest absolute Gasteiger partial charge is 0.234 e. The number of carbonyl (C=O) groups is 1. The maximum Gasteiger partial charge on any atom is 0.234 e. The van der Waals surface area contributed by atoms with Crippen LogP contribution in [0.3, 0.4) is 0 Å². The van der Waals surface area contributed by atoms with Gasteiger partial charge >= 0.3 is 0 Å². The lowest BCUT2D eigenvalue weighted by Gasteiger charge is -2.20. The van der Waals surface area contributed by atoms with E-state index in [4.69, 9.17) is 0 Å². The predicted octanol–water partition coefficient (Wildman–Crippen LogP) is 2.07. The summed E-state index contributed by atoms with van der Waals surface area (Å²) in [5.74, 6) is 0.899. The zero-order chi connectivity index (χ0) is 12.0. The van der Waals surface area contributed by atoms with Gasteiger partial charge in [0.15, 0.2) is 0 Å². The molecule has 3 nitrogen and oxygen atoms in total. The summed E-state index contributed by atoms with van der Waals surface area (Å²) in [7, 11) is 0. The third-order valence-corrected chi connectivity index (χ3v) is 3.71. The van der Waals surface area contributed by atoms with Crippen molar-refractivity contribution in [2.75, 3.05) is 6.54 Å². The van der Waals surface area contributed by atoms with Crippen molar-refractivity contribution in [3.63, 3.8) is 0 Å². The number of hydrogen-bond acceptors (Lipinski definition) is 2. The number of nitrogens with one attached hydrogen (secondary N) is 2. The molecule has 2 N–H and O–H groups in total. The Balaban J connectivity index is 2.15. The average Bonchev–Trinajstić information content (AvgIpc) is 2.79. The quantitative estimate of drug-likeness (QED) is 0.728. The Morgan fingerprint density at radius 1 is 1.31 bits per heavy atom. The Labute approximate surface area is 99.4 Å². The highest BCUT2D eigenvalue weighted by atomic mass is 16.1. The van der Waals surface area contributed by atoms with E-state index in [2.05, 4.69) is 24.5 Å². The lowest BCUT2D eigenvalue weighted by Crippen LogP contribution is -2.43. The summed E-state index contributed by atoms with van der Waals surface area (Å²) in [6.45, 7) is 6.78. The van der Waals surface area contributed by atoms with E-state index in [1.807, 2.05) is 6.92 Å². The SMILES string of the molecule is CCC(C)NC(=O)CNC(C)C1CCCC1. The molecule has 0 bridgehead atoms. The molecule has 1 saturated carbocycles. The van der Waals surface area contributed by atoms with Gasteiger partial charge in [-0.05, 0) is 39.0 Å². The second-order valence-electron chi connectivity index (χ2n) is 5.09. The first-order valence-corrected chi connectivity index (χ1v) is 6.66. The molecule has 0 aromatic heterocycles. The summed E-state index contributed by atoms with van der Waals surface area (Å²) in [5.41, 5.74) is 0. The Kier molecular flexibility index (Phi) is 5.81. The van der Waals surface area contributed by atoms with Gasteiger partial charge in [0, 0.05) is 12.1 Å². The van der Waals surface area contributed by atoms with Crippen LogP contribution in [0.4, 0.5) is 0 Å². The van der Waals surface area contributed by atoms with Crippen molar-refractivity contribution in [1.82, 2.24) is 10.6 Å². The van der Waals surface area contributed by atoms with E-state index in [-0.39, 0.29) is 11.9 Å². The van der Waals surface area contributed by atoms with Gasteiger partial charge < -0.3 is 10.6 Å². The molecule has 94 valence electrons. The van der Waals surface area contributed by atoms with Crippen molar-refractivity contribution >= 4 is 5.91 Å². The lowest BCUT2D eigenvalue weighted by atomic mass is 10.00.